The van der Waals surface area contributed by atoms with Gasteiger partial charge >= 0.3 is 0 Å². The van der Waals surface area contributed by atoms with Crippen LogP contribution in [0.1, 0.15) is 18.0 Å². The van der Waals surface area contributed by atoms with E-state index in [2.05, 4.69) is 30.6 Å². The summed E-state index contributed by atoms with van der Waals surface area (Å²) in [5.41, 5.74) is 2.21. The summed E-state index contributed by atoms with van der Waals surface area (Å²) in [6.07, 6.45) is 3.22. The molecule has 3 heterocycles. The summed E-state index contributed by atoms with van der Waals surface area (Å²) in [6, 6.07) is 6.08. The zero-order valence-electron chi connectivity index (χ0n) is 8.28. The van der Waals surface area contributed by atoms with Gasteiger partial charge in [-0.15, -0.1) is 0 Å². The highest BCUT2D eigenvalue weighted by atomic mass is 79.9. The lowest BCUT2D eigenvalue weighted by atomic mass is 10.1. The van der Waals surface area contributed by atoms with Crippen molar-refractivity contribution >= 4 is 21.6 Å². The first-order chi connectivity index (χ1) is 7.36. The van der Waals surface area contributed by atoms with Gasteiger partial charge < -0.3 is 5.32 Å². The standard InChI is InChI=1S/C11H12BrN3/c12-11-10(8-4-5-13-7-8)14-9-3-1-2-6-15(9)11/h1-3,6,8,13H,4-5,7H2. The van der Waals surface area contributed by atoms with E-state index in [1.54, 1.807) is 0 Å². The molecule has 1 N–H and O–H groups in total. The Labute approximate surface area is 96.6 Å². The maximum absolute atomic E-state index is 4.67. The summed E-state index contributed by atoms with van der Waals surface area (Å²) in [5.74, 6) is 0.555. The average Bonchev–Trinajstić information content (AvgIpc) is 2.87. The number of hydrogen-bond acceptors (Lipinski definition) is 2. The first-order valence-corrected chi connectivity index (χ1v) is 5.99. The van der Waals surface area contributed by atoms with E-state index in [9.17, 15) is 0 Å². The van der Waals surface area contributed by atoms with E-state index in [0.717, 1.165) is 23.3 Å². The highest BCUT2D eigenvalue weighted by molar-refractivity contribution is 9.10. The lowest BCUT2D eigenvalue weighted by Gasteiger charge is -2.04. The largest absolute Gasteiger partial charge is 0.316 e. The summed E-state index contributed by atoms with van der Waals surface area (Å²) in [6.45, 7) is 2.15. The van der Waals surface area contributed by atoms with Crippen molar-refractivity contribution in [1.82, 2.24) is 14.7 Å². The van der Waals surface area contributed by atoms with Crippen LogP contribution in [0.15, 0.2) is 29.0 Å². The van der Waals surface area contributed by atoms with Crippen molar-refractivity contribution in [3.63, 3.8) is 0 Å². The van der Waals surface area contributed by atoms with Crippen LogP contribution in [0.2, 0.25) is 0 Å². The lowest BCUT2D eigenvalue weighted by Crippen LogP contribution is -2.08. The molecule has 0 radical (unpaired) electrons. The van der Waals surface area contributed by atoms with Crippen molar-refractivity contribution in [1.29, 1.82) is 0 Å². The highest BCUT2D eigenvalue weighted by Crippen LogP contribution is 2.29. The molecule has 1 aliphatic heterocycles. The van der Waals surface area contributed by atoms with E-state index in [1.807, 2.05) is 24.4 Å². The molecule has 0 aromatic carbocycles. The van der Waals surface area contributed by atoms with Crippen LogP contribution in [0, 0.1) is 0 Å². The minimum absolute atomic E-state index is 0.555. The van der Waals surface area contributed by atoms with Gasteiger partial charge in [-0.2, -0.15) is 0 Å². The number of hydrogen-bond donors (Lipinski definition) is 1. The van der Waals surface area contributed by atoms with E-state index >= 15 is 0 Å². The normalized spacial score (nSPS) is 21.3. The average molecular weight is 266 g/mol. The van der Waals surface area contributed by atoms with Crippen molar-refractivity contribution in [3.05, 3.63) is 34.7 Å². The van der Waals surface area contributed by atoms with Crippen LogP contribution >= 0.6 is 15.9 Å². The van der Waals surface area contributed by atoms with E-state index in [-0.39, 0.29) is 0 Å². The molecule has 1 atom stereocenters. The maximum Gasteiger partial charge on any atom is 0.137 e. The van der Waals surface area contributed by atoms with E-state index in [4.69, 9.17) is 0 Å². The second-order valence-electron chi connectivity index (χ2n) is 3.91. The predicted molar refractivity (Wildman–Crippen MR) is 63.1 cm³/mol. The molecule has 0 bridgehead atoms. The molecule has 3 nitrogen and oxygen atoms in total. The number of nitrogens with zero attached hydrogens (tertiary/aromatic N) is 2. The van der Waals surface area contributed by atoms with E-state index < -0.39 is 0 Å². The van der Waals surface area contributed by atoms with Gasteiger partial charge in [-0.1, -0.05) is 6.07 Å². The predicted octanol–water partition coefficient (Wildman–Crippen LogP) is 2.17. The summed E-state index contributed by atoms with van der Waals surface area (Å²) < 4.78 is 3.19. The van der Waals surface area contributed by atoms with E-state index in [1.165, 1.54) is 12.1 Å². The van der Waals surface area contributed by atoms with Crippen molar-refractivity contribution in [2.24, 2.45) is 0 Å². The fourth-order valence-electron chi connectivity index (χ4n) is 2.13. The van der Waals surface area contributed by atoms with Gasteiger partial charge in [-0.3, -0.25) is 4.40 Å². The summed E-state index contributed by atoms with van der Waals surface area (Å²) in [7, 11) is 0. The second kappa shape index (κ2) is 3.61. The molecule has 1 fully saturated rings. The molecule has 2 aromatic rings. The Balaban J connectivity index is 2.14. The number of aromatic nitrogens is 2. The number of fused-ring (bicyclic) bond motifs is 1. The molecule has 15 heavy (non-hydrogen) atoms. The Morgan fingerprint density at radius 3 is 3.13 bits per heavy atom. The molecule has 3 rings (SSSR count). The van der Waals surface area contributed by atoms with Crippen molar-refractivity contribution in [2.45, 2.75) is 12.3 Å². The second-order valence-corrected chi connectivity index (χ2v) is 4.66. The number of halogens is 1. The van der Waals surface area contributed by atoms with Gasteiger partial charge in [0, 0.05) is 18.7 Å². The number of rotatable bonds is 1. The third-order valence-corrected chi connectivity index (χ3v) is 3.73. The van der Waals surface area contributed by atoms with Crippen LogP contribution < -0.4 is 5.32 Å². The summed E-state index contributed by atoms with van der Waals surface area (Å²) in [4.78, 5) is 4.67. The molecule has 0 aliphatic carbocycles. The van der Waals surface area contributed by atoms with Crippen LogP contribution in [-0.4, -0.2) is 22.5 Å². The Bertz CT molecular complexity index is 486. The molecular weight excluding hydrogens is 254 g/mol. The first-order valence-electron chi connectivity index (χ1n) is 5.19. The van der Waals surface area contributed by atoms with Crippen LogP contribution in [0.25, 0.3) is 5.65 Å². The lowest BCUT2D eigenvalue weighted by molar-refractivity contribution is 0.737. The van der Waals surface area contributed by atoms with Gasteiger partial charge in [0.25, 0.3) is 0 Å². The third kappa shape index (κ3) is 1.48. The number of pyridine rings is 1. The number of nitrogens with one attached hydrogen (secondary N) is 1. The molecule has 1 unspecified atom stereocenters. The van der Waals surface area contributed by atoms with Gasteiger partial charge in [-0.05, 0) is 41.0 Å². The Kier molecular flexibility index (Phi) is 2.25. The molecule has 4 heteroatoms. The van der Waals surface area contributed by atoms with Gasteiger partial charge in [0.15, 0.2) is 0 Å². The molecule has 0 saturated carbocycles. The maximum atomic E-state index is 4.67. The molecular formula is C11H12BrN3. The monoisotopic (exact) mass is 265 g/mol. The molecule has 0 spiro atoms. The van der Waals surface area contributed by atoms with Crippen LogP contribution in [0.3, 0.4) is 0 Å². The highest BCUT2D eigenvalue weighted by Gasteiger charge is 2.22. The first kappa shape index (κ1) is 9.36. The van der Waals surface area contributed by atoms with E-state index in [0.29, 0.717) is 5.92 Å². The Hall–Kier alpha value is -0.870. The van der Waals surface area contributed by atoms with Crippen molar-refractivity contribution in [3.8, 4) is 0 Å². The SMILES string of the molecule is Brc1c(C2CCNC2)nc2ccccn12. The van der Waals surface area contributed by atoms with Crippen LogP contribution in [0.5, 0.6) is 0 Å². The minimum atomic E-state index is 0.555. The zero-order chi connectivity index (χ0) is 10.3. The van der Waals surface area contributed by atoms with Gasteiger partial charge in [0.05, 0.1) is 5.69 Å². The summed E-state index contributed by atoms with van der Waals surface area (Å²) >= 11 is 3.63. The van der Waals surface area contributed by atoms with Crippen molar-refractivity contribution < 1.29 is 0 Å². The fraction of sp³-hybridized carbons (Fsp3) is 0.364. The quantitative estimate of drug-likeness (QED) is 0.857. The fourth-order valence-corrected chi connectivity index (χ4v) is 2.84. The Morgan fingerprint density at radius 2 is 2.40 bits per heavy atom. The minimum Gasteiger partial charge on any atom is -0.316 e. The third-order valence-electron chi connectivity index (χ3n) is 2.94. The topological polar surface area (TPSA) is 29.3 Å². The molecule has 1 aliphatic rings. The van der Waals surface area contributed by atoms with Gasteiger partial charge in [0.1, 0.15) is 10.3 Å². The molecule has 2 aromatic heterocycles. The number of imidazole rings is 1. The Morgan fingerprint density at radius 1 is 1.47 bits per heavy atom. The smallest absolute Gasteiger partial charge is 0.137 e. The van der Waals surface area contributed by atoms with Crippen LogP contribution in [-0.2, 0) is 0 Å². The summed E-state index contributed by atoms with van der Waals surface area (Å²) in [5, 5.41) is 3.37. The molecule has 0 amide bonds. The molecule has 78 valence electrons. The zero-order valence-corrected chi connectivity index (χ0v) is 9.87. The van der Waals surface area contributed by atoms with Gasteiger partial charge in [-0.25, -0.2) is 4.98 Å². The molecule has 1 saturated heterocycles. The van der Waals surface area contributed by atoms with Crippen LogP contribution in [0.4, 0.5) is 0 Å². The van der Waals surface area contributed by atoms with Gasteiger partial charge in [0.2, 0.25) is 0 Å². The van der Waals surface area contributed by atoms with Crippen molar-refractivity contribution in [2.75, 3.05) is 13.1 Å².